The van der Waals surface area contributed by atoms with Crippen molar-refractivity contribution in [1.29, 1.82) is 0 Å². The molecule has 0 aliphatic carbocycles. The van der Waals surface area contributed by atoms with Gasteiger partial charge in [0.05, 0.1) is 0 Å². The van der Waals surface area contributed by atoms with E-state index in [1.54, 1.807) is 18.2 Å². The van der Waals surface area contributed by atoms with Gasteiger partial charge in [0.25, 0.3) is 0 Å². The summed E-state index contributed by atoms with van der Waals surface area (Å²) in [5, 5.41) is 21.9. The van der Waals surface area contributed by atoms with Gasteiger partial charge in [-0.1, -0.05) is 17.2 Å². The number of para-hydroxylation sites is 2. The molecule has 2 aromatic rings. The minimum Gasteiger partial charge on any atom is -0.504 e. The van der Waals surface area contributed by atoms with Gasteiger partial charge < -0.3 is 9.84 Å². The van der Waals surface area contributed by atoms with Gasteiger partial charge in [-0.05, 0) is 22.6 Å². The second kappa shape index (κ2) is 3.10. The molecule has 0 aliphatic rings. The number of tetrazole rings is 1. The van der Waals surface area contributed by atoms with E-state index in [2.05, 4.69) is 20.6 Å². The van der Waals surface area contributed by atoms with Crippen LogP contribution in [0.2, 0.25) is 0 Å². The van der Waals surface area contributed by atoms with Crippen LogP contribution in [0.25, 0.3) is 0 Å². The summed E-state index contributed by atoms with van der Waals surface area (Å²) in [5.74, 6) is 0.347. The highest BCUT2D eigenvalue weighted by atomic mass is 16.5. The molecule has 1 aromatic heterocycles. The molecule has 1 heterocycles. The average molecular weight is 178 g/mol. The number of benzene rings is 1. The van der Waals surface area contributed by atoms with Crippen LogP contribution in [0.3, 0.4) is 0 Å². The summed E-state index contributed by atoms with van der Waals surface area (Å²) < 4.78 is 5.11. The van der Waals surface area contributed by atoms with Crippen molar-refractivity contribution in [3.8, 4) is 17.5 Å². The molecule has 0 saturated carbocycles. The number of hydrogen-bond donors (Lipinski definition) is 2. The Labute approximate surface area is 73.2 Å². The third-order valence-electron chi connectivity index (χ3n) is 1.40. The van der Waals surface area contributed by atoms with Crippen molar-refractivity contribution >= 4 is 0 Å². The first kappa shape index (κ1) is 7.53. The molecule has 6 nitrogen and oxygen atoms in total. The van der Waals surface area contributed by atoms with Crippen molar-refractivity contribution in [2.75, 3.05) is 0 Å². The van der Waals surface area contributed by atoms with Crippen molar-refractivity contribution in [3.63, 3.8) is 0 Å². The van der Waals surface area contributed by atoms with E-state index in [4.69, 9.17) is 4.74 Å². The number of phenolic OH excluding ortho intramolecular Hbond substituents is 1. The fraction of sp³-hybridized carbons (Fsp3) is 0. The van der Waals surface area contributed by atoms with Gasteiger partial charge >= 0.3 is 6.01 Å². The van der Waals surface area contributed by atoms with Crippen LogP contribution in [0.4, 0.5) is 0 Å². The molecule has 66 valence electrons. The number of hydrogen-bond acceptors (Lipinski definition) is 5. The predicted molar refractivity (Wildman–Crippen MR) is 42.4 cm³/mol. The van der Waals surface area contributed by atoms with Crippen LogP contribution < -0.4 is 4.74 Å². The Kier molecular flexibility index (Phi) is 1.79. The summed E-state index contributed by atoms with van der Waals surface area (Å²) in [5.41, 5.74) is 0. The van der Waals surface area contributed by atoms with Crippen LogP contribution in [0, 0.1) is 0 Å². The molecular formula is C7H6N4O2. The lowest BCUT2D eigenvalue weighted by Crippen LogP contribution is -1.86. The molecule has 0 radical (unpaired) electrons. The summed E-state index contributed by atoms with van der Waals surface area (Å²) in [7, 11) is 0. The largest absolute Gasteiger partial charge is 0.504 e. The summed E-state index contributed by atoms with van der Waals surface area (Å²) >= 11 is 0. The van der Waals surface area contributed by atoms with Gasteiger partial charge in [0, 0.05) is 0 Å². The van der Waals surface area contributed by atoms with Gasteiger partial charge in [0.2, 0.25) is 0 Å². The summed E-state index contributed by atoms with van der Waals surface area (Å²) in [6, 6.07) is 6.69. The van der Waals surface area contributed by atoms with Gasteiger partial charge in [-0.25, -0.2) is 5.10 Å². The molecule has 0 spiro atoms. The molecule has 2 N–H and O–H groups in total. The highest BCUT2D eigenvalue weighted by molar-refractivity contribution is 5.39. The molecule has 0 fully saturated rings. The molecule has 0 unspecified atom stereocenters. The smallest absolute Gasteiger partial charge is 0.338 e. The van der Waals surface area contributed by atoms with Crippen LogP contribution in [0.1, 0.15) is 0 Å². The highest BCUT2D eigenvalue weighted by Crippen LogP contribution is 2.27. The molecule has 0 amide bonds. The van der Waals surface area contributed by atoms with E-state index in [0.717, 1.165) is 0 Å². The molecule has 0 aliphatic heterocycles. The van der Waals surface area contributed by atoms with Crippen molar-refractivity contribution in [2.24, 2.45) is 0 Å². The van der Waals surface area contributed by atoms with E-state index < -0.39 is 0 Å². The van der Waals surface area contributed by atoms with Gasteiger partial charge in [-0.15, -0.1) is 0 Å². The molecule has 2 rings (SSSR count). The van der Waals surface area contributed by atoms with Gasteiger partial charge in [-0.3, -0.25) is 0 Å². The van der Waals surface area contributed by atoms with E-state index in [0.29, 0.717) is 5.75 Å². The summed E-state index contributed by atoms with van der Waals surface area (Å²) in [4.78, 5) is 0. The molecular weight excluding hydrogens is 172 g/mol. The van der Waals surface area contributed by atoms with Crippen molar-refractivity contribution < 1.29 is 9.84 Å². The van der Waals surface area contributed by atoms with E-state index in [1.807, 2.05) is 0 Å². The zero-order chi connectivity index (χ0) is 9.10. The zero-order valence-corrected chi connectivity index (χ0v) is 6.51. The Balaban J connectivity index is 2.24. The first-order valence-electron chi connectivity index (χ1n) is 3.56. The van der Waals surface area contributed by atoms with E-state index in [9.17, 15) is 5.11 Å². The van der Waals surface area contributed by atoms with E-state index in [-0.39, 0.29) is 11.8 Å². The van der Waals surface area contributed by atoms with Crippen molar-refractivity contribution in [3.05, 3.63) is 24.3 Å². The Morgan fingerprint density at radius 2 is 2.15 bits per heavy atom. The quantitative estimate of drug-likeness (QED) is 0.707. The standard InChI is InChI=1S/C7H6N4O2/c12-5-3-1-2-4-6(5)13-7-8-10-11-9-7/h1-4,12H,(H,8,9,10,11). The first-order chi connectivity index (χ1) is 6.36. The molecule has 1 aromatic carbocycles. The normalized spacial score (nSPS) is 9.85. The molecule has 6 heteroatoms. The van der Waals surface area contributed by atoms with Crippen LogP contribution >= 0.6 is 0 Å². The van der Waals surface area contributed by atoms with Gasteiger partial charge in [-0.2, -0.15) is 0 Å². The van der Waals surface area contributed by atoms with Crippen LogP contribution in [0.5, 0.6) is 17.5 Å². The van der Waals surface area contributed by atoms with E-state index in [1.165, 1.54) is 6.07 Å². The highest BCUT2D eigenvalue weighted by Gasteiger charge is 2.03. The third-order valence-corrected chi connectivity index (χ3v) is 1.40. The molecule has 0 saturated heterocycles. The minimum absolute atomic E-state index is 0.0406. The Bertz CT molecular complexity index is 387. The predicted octanol–water partition coefficient (Wildman–Crippen LogP) is 0.698. The number of nitrogens with zero attached hydrogens (tertiary/aromatic N) is 3. The number of phenols is 1. The lowest BCUT2D eigenvalue weighted by Gasteiger charge is -2.01. The number of aromatic hydroxyl groups is 1. The zero-order valence-electron chi connectivity index (χ0n) is 6.51. The topological polar surface area (TPSA) is 83.9 Å². The number of nitrogens with one attached hydrogen (secondary N) is 1. The monoisotopic (exact) mass is 178 g/mol. The van der Waals surface area contributed by atoms with Crippen molar-refractivity contribution in [1.82, 2.24) is 20.6 Å². The van der Waals surface area contributed by atoms with Crippen LogP contribution in [0.15, 0.2) is 24.3 Å². The van der Waals surface area contributed by atoms with E-state index >= 15 is 0 Å². The minimum atomic E-state index is 0.0406. The van der Waals surface area contributed by atoms with Crippen LogP contribution in [-0.4, -0.2) is 25.7 Å². The second-order valence-electron chi connectivity index (χ2n) is 2.28. The number of H-pyrrole nitrogens is 1. The lowest BCUT2D eigenvalue weighted by molar-refractivity contribution is 0.392. The first-order valence-corrected chi connectivity index (χ1v) is 3.56. The second-order valence-corrected chi connectivity index (χ2v) is 2.28. The lowest BCUT2D eigenvalue weighted by atomic mass is 10.3. The Morgan fingerprint density at radius 1 is 1.31 bits per heavy atom. The summed E-state index contributed by atoms with van der Waals surface area (Å²) in [6.07, 6.45) is 0. The maximum absolute atomic E-state index is 9.30. The number of aromatic amines is 1. The molecule has 0 bridgehead atoms. The number of rotatable bonds is 2. The number of ether oxygens (including phenoxy) is 1. The maximum atomic E-state index is 9.30. The number of aromatic nitrogens is 4. The van der Waals surface area contributed by atoms with Crippen molar-refractivity contribution in [2.45, 2.75) is 0 Å². The maximum Gasteiger partial charge on any atom is 0.338 e. The van der Waals surface area contributed by atoms with Crippen LogP contribution in [-0.2, 0) is 0 Å². The molecule has 13 heavy (non-hydrogen) atoms. The van der Waals surface area contributed by atoms with Gasteiger partial charge in [0.15, 0.2) is 11.5 Å². The Hall–Kier alpha value is -2.11. The van der Waals surface area contributed by atoms with Gasteiger partial charge in [0.1, 0.15) is 0 Å². The fourth-order valence-corrected chi connectivity index (χ4v) is 0.841. The SMILES string of the molecule is Oc1ccccc1Oc1nnn[nH]1. The molecule has 0 atom stereocenters. The summed E-state index contributed by atoms with van der Waals surface area (Å²) in [6.45, 7) is 0. The third kappa shape index (κ3) is 1.56. The fourth-order valence-electron chi connectivity index (χ4n) is 0.841. The Morgan fingerprint density at radius 3 is 2.85 bits per heavy atom. The average Bonchev–Trinajstić information content (AvgIpc) is 2.61.